The summed E-state index contributed by atoms with van der Waals surface area (Å²) >= 11 is 0. The predicted octanol–water partition coefficient (Wildman–Crippen LogP) is 0.746. The standard InChI is InChI=1S/C7H14N2O2/c1-6(2)8-4-3-7(5-8)9(10)11/h6-7H,3-5H2,1-2H3. The molecule has 1 fully saturated rings. The van der Waals surface area contributed by atoms with Crippen LogP contribution in [0.2, 0.25) is 0 Å². The van der Waals surface area contributed by atoms with E-state index in [1.54, 1.807) is 0 Å². The molecule has 1 unspecified atom stereocenters. The molecule has 0 aromatic heterocycles. The lowest BCUT2D eigenvalue weighted by atomic mass is 10.3. The van der Waals surface area contributed by atoms with Crippen LogP contribution in [0.3, 0.4) is 0 Å². The lowest BCUT2D eigenvalue weighted by molar-refractivity contribution is -0.518. The van der Waals surface area contributed by atoms with E-state index in [2.05, 4.69) is 18.7 Å². The van der Waals surface area contributed by atoms with Gasteiger partial charge in [-0.1, -0.05) is 0 Å². The molecule has 1 rings (SSSR count). The summed E-state index contributed by atoms with van der Waals surface area (Å²) in [5.41, 5.74) is 0. The summed E-state index contributed by atoms with van der Waals surface area (Å²) in [5.74, 6) is 0. The Morgan fingerprint density at radius 1 is 1.64 bits per heavy atom. The molecule has 64 valence electrons. The van der Waals surface area contributed by atoms with E-state index in [9.17, 15) is 10.1 Å². The van der Waals surface area contributed by atoms with Crippen LogP contribution in [0, 0.1) is 10.1 Å². The van der Waals surface area contributed by atoms with Crippen molar-refractivity contribution in [2.24, 2.45) is 0 Å². The van der Waals surface area contributed by atoms with Crippen LogP contribution >= 0.6 is 0 Å². The average Bonchev–Trinajstić information content (AvgIpc) is 2.33. The van der Waals surface area contributed by atoms with Crippen molar-refractivity contribution in [1.29, 1.82) is 0 Å². The molecule has 4 nitrogen and oxygen atoms in total. The molecule has 1 atom stereocenters. The number of hydrogen-bond acceptors (Lipinski definition) is 3. The highest BCUT2D eigenvalue weighted by atomic mass is 16.6. The second-order valence-corrected chi connectivity index (χ2v) is 3.32. The summed E-state index contributed by atoms with van der Waals surface area (Å²) in [6.07, 6.45) is 0.713. The molecule has 4 heteroatoms. The average molecular weight is 158 g/mol. The van der Waals surface area contributed by atoms with E-state index in [0.29, 0.717) is 19.0 Å². The molecular weight excluding hydrogens is 144 g/mol. The molecule has 0 N–H and O–H groups in total. The highest BCUT2D eigenvalue weighted by Crippen LogP contribution is 2.13. The van der Waals surface area contributed by atoms with Crippen molar-refractivity contribution in [3.63, 3.8) is 0 Å². The van der Waals surface area contributed by atoms with Crippen LogP contribution in [0.5, 0.6) is 0 Å². The molecule has 0 bridgehead atoms. The van der Waals surface area contributed by atoms with Crippen LogP contribution in [0.15, 0.2) is 0 Å². The Hall–Kier alpha value is -0.640. The van der Waals surface area contributed by atoms with Gasteiger partial charge in [-0.2, -0.15) is 0 Å². The topological polar surface area (TPSA) is 46.4 Å². The molecule has 1 aliphatic heterocycles. The third kappa shape index (κ3) is 1.89. The Bertz CT molecular complexity index is 159. The van der Waals surface area contributed by atoms with Gasteiger partial charge < -0.3 is 0 Å². The predicted molar refractivity (Wildman–Crippen MR) is 42.1 cm³/mol. The summed E-state index contributed by atoms with van der Waals surface area (Å²) in [4.78, 5) is 12.3. The van der Waals surface area contributed by atoms with E-state index in [0.717, 1.165) is 6.54 Å². The van der Waals surface area contributed by atoms with Gasteiger partial charge in [0.25, 0.3) is 0 Å². The van der Waals surface area contributed by atoms with Crippen LogP contribution in [-0.2, 0) is 0 Å². The Kier molecular flexibility index (Phi) is 2.44. The normalized spacial score (nSPS) is 26.3. The molecular formula is C7H14N2O2. The van der Waals surface area contributed by atoms with Crippen LogP contribution in [0.25, 0.3) is 0 Å². The molecule has 1 heterocycles. The van der Waals surface area contributed by atoms with Crippen molar-refractivity contribution in [2.75, 3.05) is 13.1 Å². The Morgan fingerprint density at radius 2 is 2.27 bits per heavy atom. The quantitative estimate of drug-likeness (QED) is 0.440. The molecule has 0 aromatic carbocycles. The summed E-state index contributed by atoms with van der Waals surface area (Å²) in [5, 5.41) is 10.3. The van der Waals surface area contributed by atoms with E-state index >= 15 is 0 Å². The summed E-state index contributed by atoms with van der Waals surface area (Å²) in [6.45, 7) is 5.65. The molecule has 0 aliphatic carbocycles. The largest absolute Gasteiger partial charge is 0.294 e. The maximum absolute atomic E-state index is 10.3. The summed E-state index contributed by atoms with van der Waals surface area (Å²) < 4.78 is 0. The van der Waals surface area contributed by atoms with Crippen LogP contribution in [-0.4, -0.2) is 35.0 Å². The number of rotatable bonds is 2. The first-order valence-corrected chi connectivity index (χ1v) is 3.99. The van der Waals surface area contributed by atoms with Crippen molar-refractivity contribution in [2.45, 2.75) is 32.4 Å². The highest BCUT2D eigenvalue weighted by Gasteiger charge is 2.31. The molecule has 0 radical (unpaired) electrons. The zero-order valence-electron chi connectivity index (χ0n) is 6.99. The fourth-order valence-electron chi connectivity index (χ4n) is 1.41. The van der Waals surface area contributed by atoms with Gasteiger partial charge >= 0.3 is 0 Å². The van der Waals surface area contributed by atoms with Gasteiger partial charge in [0.2, 0.25) is 6.04 Å². The van der Waals surface area contributed by atoms with Crippen molar-refractivity contribution >= 4 is 0 Å². The second-order valence-electron chi connectivity index (χ2n) is 3.32. The van der Waals surface area contributed by atoms with E-state index in [1.807, 2.05) is 0 Å². The lowest BCUT2D eigenvalue weighted by Gasteiger charge is -2.17. The molecule has 11 heavy (non-hydrogen) atoms. The summed E-state index contributed by atoms with van der Waals surface area (Å²) in [7, 11) is 0. The minimum Gasteiger partial charge on any atom is -0.294 e. The van der Waals surface area contributed by atoms with Gasteiger partial charge in [-0.3, -0.25) is 15.0 Å². The van der Waals surface area contributed by atoms with E-state index in [-0.39, 0.29) is 11.0 Å². The number of likely N-dealkylation sites (tertiary alicyclic amines) is 1. The highest BCUT2D eigenvalue weighted by molar-refractivity contribution is 4.77. The van der Waals surface area contributed by atoms with Gasteiger partial charge in [0.05, 0.1) is 6.54 Å². The minimum absolute atomic E-state index is 0.164. The van der Waals surface area contributed by atoms with Gasteiger partial charge in [0.15, 0.2) is 0 Å². The molecule has 0 amide bonds. The maximum Gasteiger partial charge on any atom is 0.226 e. The van der Waals surface area contributed by atoms with E-state index < -0.39 is 0 Å². The Morgan fingerprint density at radius 3 is 2.55 bits per heavy atom. The van der Waals surface area contributed by atoms with Crippen molar-refractivity contribution in [3.05, 3.63) is 10.1 Å². The van der Waals surface area contributed by atoms with E-state index in [4.69, 9.17) is 0 Å². The van der Waals surface area contributed by atoms with Crippen molar-refractivity contribution in [1.82, 2.24) is 4.90 Å². The molecule has 0 aromatic rings. The zero-order valence-corrected chi connectivity index (χ0v) is 6.99. The van der Waals surface area contributed by atoms with E-state index in [1.165, 1.54) is 0 Å². The third-order valence-corrected chi connectivity index (χ3v) is 2.22. The van der Waals surface area contributed by atoms with Crippen LogP contribution < -0.4 is 0 Å². The Balaban J connectivity index is 2.41. The van der Waals surface area contributed by atoms with Crippen LogP contribution in [0.1, 0.15) is 20.3 Å². The minimum atomic E-state index is -0.322. The fourth-order valence-corrected chi connectivity index (χ4v) is 1.41. The molecule has 0 saturated carbocycles. The van der Waals surface area contributed by atoms with Crippen molar-refractivity contribution in [3.8, 4) is 0 Å². The zero-order chi connectivity index (χ0) is 8.43. The SMILES string of the molecule is CC(C)N1CCC([N+](=O)[O-])C1. The number of nitrogens with zero attached hydrogens (tertiary/aromatic N) is 2. The fraction of sp³-hybridized carbons (Fsp3) is 1.00. The molecule has 1 saturated heterocycles. The van der Waals surface area contributed by atoms with Gasteiger partial charge in [-0.15, -0.1) is 0 Å². The van der Waals surface area contributed by atoms with Gasteiger partial charge in [0.1, 0.15) is 0 Å². The summed E-state index contributed by atoms with van der Waals surface area (Å²) in [6, 6.07) is 0.123. The first kappa shape index (κ1) is 8.46. The monoisotopic (exact) mass is 158 g/mol. The smallest absolute Gasteiger partial charge is 0.226 e. The molecule has 0 spiro atoms. The molecule has 1 aliphatic rings. The van der Waals surface area contributed by atoms with Gasteiger partial charge in [-0.05, 0) is 13.8 Å². The lowest BCUT2D eigenvalue weighted by Crippen LogP contribution is -2.31. The first-order chi connectivity index (χ1) is 5.11. The first-order valence-electron chi connectivity index (χ1n) is 3.99. The Labute approximate surface area is 66.3 Å². The van der Waals surface area contributed by atoms with Crippen LogP contribution in [0.4, 0.5) is 0 Å². The maximum atomic E-state index is 10.3. The van der Waals surface area contributed by atoms with Gasteiger partial charge in [0, 0.05) is 23.9 Å². The van der Waals surface area contributed by atoms with Gasteiger partial charge in [-0.25, -0.2) is 0 Å². The second kappa shape index (κ2) is 3.17. The third-order valence-electron chi connectivity index (χ3n) is 2.22. The van der Waals surface area contributed by atoms with Crippen molar-refractivity contribution < 1.29 is 4.92 Å². The number of hydrogen-bond donors (Lipinski definition) is 0. The number of nitro groups is 1.